The molecule has 15 heavy (non-hydrogen) atoms. The number of nitrogens with zero attached hydrogens (tertiary/aromatic N) is 1. The maximum absolute atomic E-state index is 5.58. The molecule has 3 N–H and O–H groups in total. The van der Waals surface area contributed by atoms with E-state index in [9.17, 15) is 0 Å². The molecule has 0 aliphatic carbocycles. The van der Waals surface area contributed by atoms with Crippen molar-refractivity contribution in [1.29, 1.82) is 0 Å². The van der Waals surface area contributed by atoms with Crippen LogP contribution in [0.25, 0.3) is 0 Å². The second kappa shape index (κ2) is 6.40. The molecule has 0 unspecified atom stereocenters. The number of methoxy groups -OCH3 is 2. The standard InChI is InChI=1S/C10H23N3O2/c1-14-10(15-2,3-4-11)9-13-7-5-12-6-8-13/h12H,3-9,11H2,1-2H3. The molecule has 0 aromatic rings. The number of nitrogens with two attached hydrogens (primary N) is 1. The summed E-state index contributed by atoms with van der Waals surface area (Å²) in [6.07, 6.45) is 0.726. The first-order valence-electron chi connectivity index (χ1n) is 5.50. The molecule has 0 saturated carbocycles. The lowest BCUT2D eigenvalue weighted by Gasteiger charge is -2.37. The third kappa shape index (κ3) is 3.70. The fourth-order valence-corrected chi connectivity index (χ4v) is 1.93. The van der Waals surface area contributed by atoms with Gasteiger partial charge in [-0.1, -0.05) is 0 Å². The Labute approximate surface area is 91.9 Å². The fourth-order valence-electron chi connectivity index (χ4n) is 1.93. The largest absolute Gasteiger partial charge is 0.352 e. The van der Waals surface area contributed by atoms with E-state index in [0.29, 0.717) is 6.54 Å². The Morgan fingerprint density at radius 1 is 1.27 bits per heavy atom. The second-order valence-corrected chi connectivity index (χ2v) is 3.88. The SMILES string of the molecule is COC(CCN)(CN1CCNCC1)OC. The summed E-state index contributed by atoms with van der Waals surface area (Å²) in [6.45, 7) is 5.52. The Bertz CT molecular complexity index is 168. The predicted molar refractivity (Wildman–Crippen MR) is 59.7 cm³/mol. The number of piperazine rings is 1. The van der Waals surface area contributed by atoms with Gasteiger partial charge < -0.3 is 20.5 Å². The monoisotopic (exact) mass is 217 g/mol. The third-order valence-corrected chi connectivity index (χ3v) is 2.94. The van der Waals surface area contributed by atoms with Gasteiger partial charge in [-0.05, 0) is 6.54 Å². The van der Waals surface area contributed by atoms with E-state index in [1.54, 1.807) is 14.2 Å². The number of rotatable bonds is 6. The molecule has 1 saturated heterocycles. The first-order chi connectivity index (χ1) is 7.26. The number of hydrogen-bond donors (Lipinski definition) is 2. The van der Waals surface area contributed by atoms with Gasteiger partial charge in [0.15, 0.2) is 5.79 Å². The number of nitrogens with one attached hydrogen (secondary N) is 1. The van der Waals surface area contributed by atoms with Crippen LogP contribution in [-0.4, -0.2) is 64.2 Å². The summed E-state index contributed by atoms with van der Waals surface area (Å²) in [4.78, 5) is 2.35. The van der Waals surface area contributed by atoms with Crippen LogP contribution in [0.4, 0.5) is 0 Å². The molecule has 1 rings (SSSR count). The first-order valence-corrected chi connectivity index (χ1v) is 5.50. The lowest BCUT2D eigenvalue weighted by Crippen LogP contribution is -2.52. The number of ether oxygens (including phenoxy) is 2. The molecule has 5 nitrogen and oxygen atoms in total. The van der Waals surface area contributed by atoms with Gasteiger partial charge in [0.25, 0.3) is 0 Å². The Hall–Kier alpha value is -0.200. The summed E-state index contributed by atoms with van der Waals surface area (Å²) in [7, 11) is 3.36. The summed E-state index contributed by atoms with van der Waals surface area (Å²) >= 11 is 0. The van der Waals surface area contributed by atoms with Gasteiger partial charge in [0.05, 0.1) is 6.54 Å². The lowest BCUT2D eigenvalue weighted by atomic mass is 10.1. The van der Waals surface area contributed by atoms with E-state index in [4.69, 9.17) is 15.2 Å². The maximum atomic E-state index is 5.58. The van der Waals surface area contributed by atoms with Gasteiger partial charge >= 0.3 is 0 Å². The van der Waals surface area contributed by atoms with Gasteiger partial charge in [-0.15, -0.1) is 0 Å². The van der Waals surface area contributed by atoms with Crippen molar-refractivity contribution < 1.29 is 9.47 Å². The molecule has 5 heteroatoms. The van der Waals surface area contributed by atoms with Crippen LogP contribution in [0.1, 0.15) is 6.42 Å². The van der Waals surface area contributed by atoms with E-state index in [-0.39, 0.29) is 0 Å². The van der Waals surface area contributed by atoms with E-state index in [1.165, 1.54) is 0 Å². The van der Waals surface area contributed by atoms with E-state index < -0.39 is 5.79 Å². The zero-order valence-corrected chi connectivity index (χ0v) is 9.79. The second-order valence-electron chi connectivity index (χ2n) is 3.88. The van der Waals surface area contributed by atoms with Crippen LogP contribution >= 0.6 is 0 Å². The molecule has 0 spiro atoms. The lowest BCUT2D eigenvalue weighted by molar-refractivity contribution is -0.219. The molecule has 0 amide bonds. The average molecular weight is 217 g/mol. The predicted octanol–water partition coefficient (Wildman–Crippen LogP) is -0.770. The van der Waals surface area contributed by atoms with Gasteiger partial charge in [-0.25, -0.2) is 0 Å². The van der Waals surface area contributed by atoms with E-state index >= 15 is 0 Å². The first kappa shape index (κ1) is 12.9. The third-order valence-electron chi connectivity index (χ3n) is 2.94. The van der Waals surface area contributed by atoms with Gasteiger partial charge in [-0.3, -0.25) is 4.90 Å². The van der Waals surface area contributed by atoms with Crippen molar-refractivity contribution in [2.24, 2.45) is 5.73 Å². The van der Waals surface area contributed by atoms with Gasteiger partial charge in [-0.2, -0.15) is 0 Å². The van der Waals surface area contributed by atoms with Crippen molar-refractivity contribution in [2.75, 3.05) is 53.5 Å². The molecule has 0 radical (unpaired) electrons. The summed E-state index contributed by atoms with van der Waals surface area (Å²) in [6, 6.07) is 0. The molecule has 0 aromatic heterocycles. The van der Waals surface area contributed by atoms with E-state index in [1.807, 2.05) is 0 Å². The topological polar surface area (TPSA) is 59.8 Å². The maximum Gasteiger partial charge on any atom is 0.181 e. The average Bonchev–Trinajstić information content (AvgIpc) is 2.30. The Balaban J connectivity index is 2.47. The molecule has 0 atom stereocenters. The highest BCUT2D eigenvalue weighted by Gasteiger charge is 2.31. The molecule has 0 bridgehead atoms. The van der Waals surface area contributed by atoms with E-state index in [2.05, 4.69) is 10.2 Å². The molecule has 0 aromatic carbocycles. The minimum atomic E-state index is -0.536. The molecular formula is C10H23N3O2. The normalized spacial score (nSPS) is 19.4. The minimum absolute atomic E-state index is 0.536. The summed E-state index contributed by atoms with van der Waals surface area (Å²) in [5.74, 6) is -0.536. The zero-order chi connectivity index (χ0) is 11.1. The minimum Gasteiger partial charge on any atom is -0.352 e. The number of hydrogen-bond acceptors (Lipinski definition) is 5. The summed E-state index contributed by atoms with van der Waals surface area (Å²) < 4.78 is 10.9. The van der Waals surface area contributed by atoms with Crippen molar-refractivity contribution in [3.63, 3.8) is 0 Å². The van der Waals surface area contributed by atoms with Crippen molar-refractivity contribution >= 4 is 0 Å². The van der Waals surface area contributed by atoms with Crippen LogP contribution in [0.15, 0.2) is 0 Å². The molecular weight excluding hydrogens is 194 g/mol. The van der Waals surface area contributed by atoms with Crippen LogP contribution in [-0.2, 0) is 9.47 Å². The highest BCUT2D eigenvalue weighted by atomic mass is 16.7. The van der Waals surface area contributed by atoms with Crippen molar-refractivity contribution in [3.05, 3.63) is 0 Å². The Morgan fingerprint density at radius 2 is 1.87 bits per heavy atom. The highest BCUT2D eigenvalue weighted by Crippen LogP contribution is 2.17. The Morgan fingerprint density at radius 3 is 2.33 bits per heavy atom. The Kier molecular flexibility index (Phi) is 5.49. The van der Waals surface area contributed by atoms with Gasteiger partial charge in [0, 0.05) is 46.8 Å². The van der Waals surface area contributed by atoms with Crippen LogP contribution in [0.5, 0.6) is 0 Å². The zero-order valence-electron chi connectivity index (χ0n) is 9.79. The van der Waals surface area contributed by atoms with Gasteiger partial charge in [0.2, 0.25) is 0 Å². The van der Waals surface area contributed by atoms with Crippen molar-refractivity contribution in [2.45, 2.75) is 12.2 Å². The molecule has 90 valence electrons. The quantitative estimate of drug-likeness (QED) is 0.572. The smallest absolute Gasteiger partial charge is 0.181 e. The molecule has 1 fully saturated rings. The van der Waals surface area contributed by atoms with Crippen LogP contribution in [0.2, 0.25) is 0 Å². The van der Waals surface area contributed by atoms with Crippen LogP contribution in [0, 0.1) is 0 Å². The van der Waals surface area contributed by atoms with Crippen LogP contribution < -0.4 is 11.1 Å². The summed E-state index contributed by atoms with van der Waals surface area (Å²) in [5.41, 5.74) is 5.58. The van der Waals surface area contributed by atoms with Gasteiger partial charge in [0.1, 0.15) is 0 Å². The van der Waals surface area contributed by atoms with E-state index in [0.717, 1.165) is 39.1 Å². The van der Waals surface area contributed by atoms with Crippen molar-refractivity contribution in [3.8, 4) is 0 Å². The van der Waals surface area contributed by atoms with Crippen LogP contribution in [0.3, 0.4) is 0 Å². The fraction of sp³-hybridized carbons (Fsp3) is 1.00. The van der Waals surface area contributed by atoms with Crippen molar-refractivity contribution in [1.82, 2.24) is 10.2 Å². The molecule has 1 heterocycles. The molecule has 1 aliphatic heterocycles. The summed E-state index contributed by atoms with van der Waals surface area (Å²) in [5, 5.41) is 3.32. The molecule has 1 aliphatic rings. The highest BCUT2D eigenvalue weighted by molar-refractivity contribution is 4.78.